The molecular formula is C14H19NOS. The Labute approximate surface area is 107 Å². The average molecular weight is 249 g/mol. The molecule has 92 valence electrons. The molecule has 0 radical (unpaired) electrons. The minimum atomic E-state index is 0.265. The molecule has 1 fully saturated rings. The number of amides is 1. The molecule has 0 unspecified atom stereocenters. The Kier molecular flexibility index (Phi) is 4.92. The Hall–Kier alpha value is -0.960. The topological polar surface area (TPSA) is 29.1 Å². The van der Waals surface area contributed by atoms with Crippen LogP contribution in [0.25, 0.3) is 0 Å². The van der Waals surface area contributed by atoms with Crippen LogP contribution in [0.1, 0.15) is 25.7 Å². The number of thioether (sulfide) groups is 1. The predicted octanol–water partition coefficient (Wildman–Crippen LogP) is 3.09. The molecule has 1 aliphatic carbocycles. The second-order valence-electron chi connectivity index (χ2n) is 4.43. The van der Waals surface area contributed by atoms with Crippen LogP contribution in [0.2, 0.25) is 0 Å². The second kappa shape index (κ2) is 6.70. The van der Waals surface area contributed by atoms with E-state index in [2.05, 4.69) is 29.6 Å². The molecule has 0 bridgehead atoms. The maximum Gasteiger partial charge on any atom is 0.223 e. The molecule has 0 aromatic heterocycles. The zero-order chi connectivity index (χ0) is 11.9. The van der Waals surface area contributed by atoms with Gasteiger partial charge in [-0.2, -0.15) is 0 Å². The van der Waals surface area contributed by atoms with Gasteiger partial charge in [0.25, 0.3) is 0 Å². The van der Waals surface area contributed by atoms with Crippen LogP contribution in [0.3, 0.4) is 0 Å². The Balaban J connectivity index is 1.53. The van der Waals surface area contributed by atoms with Gasteiger partial charge >= 0.3 is 0 Å². The van der Waals surface area contributed by atoms with E-state index in [9.17, 15) is 4.79 Å². The number of carbonyl (C=O) groups excluding carboxylic acids is 1. The standard InChI is InChI=1S/C14H19NOS/c16-14(12-6-4-7-12)15-10-5-11-17-13-8-2-1-3-9-13/h1-3,8-9,12H,4-7,10-11H2,(H,15,16). The van der Waals surface area contributed by atoms with Crippen LogP contribution >= 0.6 is 11.8 Å². The molecule has 1 aliphatic rings. The molecule has 17 heavy (non-hydrogen) atoms. The molecule has 0 saturated heterocycles. The van der Waals surface area contributed by atoms with Crippen molar-refractivity contribution in [3.63, 3.8) is 0 Å². The molecule has 1 amide bonds. The summed E-state index contributed by atoms with van der Waals surface area (Å²) < 4.78 is 0. The predicted molar refractivity (Wildman–Crippen MR) is 72.1 cm³/mol. The van der Waals surface area contributed by atoms with E-state index < -0.39 is 0 Å². The molecule has 1 aromatic carbocycles. The molecule has 1 saturated carbocycles. The minimum absolute atomic E-state index is 0.265. The Morgan fingerprint density at radius 3 is 2.71 bits per heavy atom. The van der Waals surface area contributed by atoms with E-state index in [0.717, 1.165) is 31.6 Å². The van der Waals surface area contributed by atoms with Gasteiger partial charge < -0.3 is 5.32 Å². The summed E-state index contributed by atoms with van der Waals surface area (Å²) >= 11 is 1.85. The highest BCUT2D eigenvalue weighted by Gasteiger charge is 2.24. The average Bonchev–Trinajstić information content (AvgIpc) is 2.27. The maximum absolute atomic E-state index is 11.5. The zero-order valence-electron chi connectivity index (χ0n) is 10.0. The molecule has 1 N–H and O–H groups in total. The molecule has 3 heteroatoms. The summed E-state index contributed by atoms with van der Waals surface area (Å²) in [5.41, 5.74) is 0. The second-order valence-corrected chi connectivity index (χ2v) is 5.60. The van der Waals surface area contributed by atoms with E-state index in [4.69, 9.17) is 0 Å². The van der Waals surface area contributed by atoms with Crippen molar-refractivity contribution in [1.82, 2.24) is 5.32 Å². The van der Waals surface area contributed by atoms with E-state index in [1.165, 1.54) is 11.3 Å². The first kappa shape index (κ1) is 12.5. The molecule has 2 rings (SSSR count). The first-order valence-corrected chi connectivity index (χ1v) is 7.30. The molecule has 0 heterocycles. The zero-order valence-corrected chi connectivity index (χ0v) is 10.8. The third kappa shape index (κ3) is 4.08. The van der Waals surface area contributed by atoms with Crippen LogP contribution < -0.4 is 5.32 Å². The van der Waals surface area contributed by atoms with Gasteiger partial charge in [-0.3, -0.25) is 4.79 Å². The smallest absolute Gasteiger partial charge is 0.223 e. The fourth-order valence-corrected chi connectivity index (χ4v) is 2.68. The van der Waals surface area contributed by atoms with Crippen molar-refractivity contribution in [3.8, 4) is 0 Å². The highest BCUT2D eigenvalue weighted by atomic mass is 32.2. The van der Waals surface area contributed by atoms with Crippen molar-refractivity contribution in [1.29, 1.82) is 0 Å². The first-order chi connectivity index (χ1) is 8.36. The van der Waals surface area contributed by atoms with Gasteiger partial charge in [-0.15, -0.1) is 11.8 Å². The van der Waals surface area contributed by atoms with Gasteiger partial charge in [-0.25, -0.2) is 0 Å². The van der Waals surface area contributed by atoms with Gasteiger partial charge in [-0.05, 0) is 37.1 Å². The van der Waals surface area contributed by atoms with Crippen LogP contribution in [-0.4, -0.2) is 18.2 Å². The van der Waals surface area contributed by atoms with Crippen LogP contribution in [-0.2, 0) is 4.79 Å². The molecule has 2 nitrogen and oxygen atoms in total. The highest BCUT2D eigenvalue weighted by molar-refractivity contribution is 7.99. The van der Waals surface area contributed by atoms with Crippen molar-refractivity contribution < 1.29 is 4.79 Å². The number of hydrogen-bond donors (Lipinski definition) is 1. The van der Waals surface area contributed by atoms with E-state index in [0.29, 0.717) is 5.92 Å². The Morgan fingerprint density at radius 2 is 2.06 bits per heavy atom. The van der Waals surface area contributed by atoms with Crippen LogP contribution in [0, 0.1) is 5.92 Å². The lowest BCUT2D eigenvalue weighted by molar-refractivity contribution is -0.127. The van der Waals surface area contributed by atoms with Gasteiger partial charge in [0.15, 0.2) is 0 Å². The largest absolute Gasteiger partial charge is 0.356 e. The van der Waals surface area contributed by atoms with Crippen molar-refractivity contribution in [2.24, 2.45) is 5.92 Å². The van der Waals surface area contributed by atoms with Gasteiger partial charge in [-0.1, -0.05) is 24.6 Å². The summed E-state index contributed by atoms with van der Waals surface area (Å²) in [4.78, 5) is 12.8. The third-order valence-corrected chi connectivity index (χ3v) is 4.21. The number of nitrogens with one attached hydrogen (secondary N) is 1. The molecule has 0 spiro atoms. The van der Waals surface area contributed by atoms with Crippen molar-refractivity contribution in [3.05, 3.63) is 30.3 Å². The van der Waals surface area contributed by atoms with Gasteiger partial charge in [0.2, 0.25) is 5.91 Å². The van der Waals surface area contributed by atoms with Gasteiger partial charge in [0, 0.05) is 17.4 Å². The number of carbonyl (C=O) groups is 1. The fraction of sp³-hybridized carbons (Fsp3) is 0.500. The third-order valence-electron chi connectivity index (χ3n) is 3.11. The van der Waals surface area contributed by atoms with Crippen LogP contribution in [0.5, 0.6) is 0 Å². The minimum Gasteiger partial charge on any atom is -0.356 e. The van der Waals surface area contributed by atoms with Crippen molar-refractivity contribution >= 4 is 17.7 Å². The summed E-state index contributed by atoms with van der Waals surface area (Å²) in [5.74, 6) is 1.65. The molecular weight excluding hydrogens is 230 g/mol. The molecule has 0 atom stereocenters. The monoisotopic (exact) mass is 249 g/mol. The Morgan fingerprint density at radius 1 is 1.29 bits per heavy atom. The number of hydrogen-bond acceptors (Lipinski definition) is 2. The van der Waals surface area contributed by atoms with Crippen LogP contribution in [0.4, 0.5) is 0 Å². The summed E-state index contributed by atoms with van der Waals surface area (Å²) in [6.07, 6.45) is 4.44. The lowest BCUT2D eigenvalue weighted by atomic mass is 9.85. The normalized spacial score (nSPS) is 15.3. The summed E-state index contributed by atoms with van der Waals surface area (Å²) in [7, 11) is 0. The summed E-state index contributed by atoms with van der Waals surface area (Å²) in [6, 6.07) is 10.4. The fourth-order valence-electron chi connectivity index (χ4n) is 1.81. The van der Waals surface area contributed by atoms with E-state index in [1.54, 1.807) is 0 Å². The lowest BCUT2D eigenvalue weighted by Gasteiger charge is -2.23. The van der Waals surface area contributed by atoms with Crippen LogP contribution in [0.15, 0.2) is 35.2 Å². The molecule has 1 aromatic rings. The highest BCUT2D eigenvalue weighted by Crippen LogP contribution is 2.26. The van der Waals surface area contributed by atoms with E-state index in [1.807, 2.05) is 17.8 Å². The maximum atomic E-state index is 11.5. The molecule has 0 aliphatic heterocycles. The first-order valence-electron chi connectivity index (χ1n) is 6.32. The quantitative estimate of drug-likeness (QED) is 0.620. The SMILES string of the molecule is O=C(NCCCSc1ccccc1)C1CCC1. The van der Waals surface area contributed by atoms with Gasteiger partial charge in [0.05, 0.1) is 0 Å². The van der Waals surface area contributed by atoms with Gasteiger partial charge in [0.1, 0.15) is 0 Å². The van der Waals surface area contributed by atoms with E-state index in [-0.39, 0.29) is 5.91 Å². The van der Waals surface area contributed by atoms with Crippen molar-refractivity contribution in [2.75, 3.05) is 12.3 Å². The Bertz CT molecular complexity index is 348. The summed E-state index contributed by atoms with van der Waals surface area (Å²) in [5, 5.41) is 3.02. The number of benzene rings is 1. The number of rotatable bonds is 6. The van der Waals surface area contributed by atoms with Crippen molar-refractivity contribution in [2.45, 2.75) is 30.6 Å². The lowest BCUT2D eigenvalue weighted by Crippen LogP contribution is -2.35. The summed E-state index contributed by atoms with van der Waals surface area (Å²) in [6.45, 7) is 0.815. The van der Waals surface area contributed by atoms with E-state index >= 15 is 0 Å².